The maximum atomic E-state index is 12.3. The van der Waals surface area contributed by atoms with Crippen LogP contribution in [0.25, 0.3) is 0 Å². The molecule has 2 aromatic heterocycles. The summed E-state index contributed by atoms with van der Waals surface area (Å²) in [5, 5.41) is 19.1. The first kappa shape index (κ1) is 14.7. The van der Waals surface area contributed by atoms with E-state index in [4.69, 9.17) is 9.52 Å². The minimum absolute atomic E-state index is 0.0760. The van der Waals surface area contributed by atoms with Gasteiger partial charge in [0.05, 0.1) is 11.8 Å². The second-order valence-electron chi connectivity index (χ2n) is 5.36. The summed E-state index contributed by atoms with van der Waals surface area (Å²) in [6.07, 6.45) is 4.84. The van der Waals surface area contributed by atoms with Crippen LogP contribution in [0, 0.1) is 5.92 Å². The zero-order valence-electron chi connectivity index (χ0n) is 11.9. The molecule has 2 N–H and O–H groups in total. The zero-order chi connectivity index (χ0) is 15.5. The molecular formula is C15H17N3O4. The van der Waals surface area contributed by atoms with E-state index in [0.717, 1.165) is 5.69 Å². The maximum absolute atomic E-state index is 12.3. The molecule has 0 radical (unpaired) electrons. The molecule has 22 heavy (non-hydrogen) atoms. The summed E-state index contributed by atoms with van der Waals surface area (Å²) < 4.78 is 5.25. The van der Waals surface area contributed by atoms with E-state index in [1.807, 2.05) is 0 Å². The molecule has 3 rings (SSSR count). The third-order valence-electron chi connectivity index (χ3n) is 3.81. The molecule has 0 aliphatic carbocycles. The van der Waals surface area contributed by atoms with Crippen LogP contribution in [-0.2, 0) is 13.0 Å². The average Bonchev–Trinajstić information content (AvgIpc) is 3.15. The SMILES string of the molecule is O=C(c1ccc(CO)o1)N1C[C@@H](Cc2cnccn2)[C@H](O)C1. The van der Waals surface area contributed by atoms with Crippen molar-refractivity contribution < 1.29 is 19.4 Å². The first-order valence-corrected chi connectivity index (χ1v) is 7.09. The molecule has 7 nitrogen and oxygen atoms in total. The molecule has 1 aliphatic rings. The van der Waals surface area contributed by atoms with E-state index < -0.39 is 6.10 Å². The lowest BCUT2D eigenvalue weighted by Gasteiger charge is -2.14. The summed E-state index contributed by atoms with van der Waals surface area (Å²) in [6, 6.07) is 3.10. The number of carbonyl (C=O) groups excluding carboxylic acids is 1. The van der Waals surface area contributed by atoms with Gasteiger partial charge in [-0.15, -0.1) is 0 Å². The number of β-amino-alcohol motifs (C(OH)–C–C–N with tert-alkyl or cyclic N) is 1. The van der Waals surface area contributed by atoms with Gasteiger partial charge in [-0.25, -0.2) is 0 Å². The van der Waals surface area contributed by atoms with Gasteiger partial charge in [-0.1, -0.05) is 0 Å². The van der Waals surface area contributed by atoms with E-state index in [0.29, 0.717) is 18.7 Å². The second kappa shape index (κ2) is 6.25. The van der Waals surface area contributed by atoms with Crippen molar-refractivity contribution in [1.82, 2.24) is 14.9 Å². The molecule has 2 aromatic rings. The van der Waals surface area contributed by atoms with Crippen molar-refractivity contribution in [2.75, 3.05) is 13.1 Å². The largest absolute Gasteiger partial charge is 0.453 e. The summed E-state index contributed by atoms with van der Waals surface area (Å²) in [6.45, 7) is 0.454. The van der Waals surface area contributed by atoms with Crippen LogP contribution in [0.2, 0.25) is 0 Å². The Labute approximate surface area is 127 Å². The highest BCUT2D eigenvalue weighted by molar-refractivity contribution is 5.91. The topological polar surface area (TPSA) is 99.7 Å². The first-order chi connectivity index (χ1) is 10.7. The van der Waals surface area contributed by atoms with Gasteiger partial charge >= 0.3 is 0 Å². The molecule has 1 saturated heterocycles. The number of aliphatic hydroxyl groups is 2. The smallest absolute Gasteiger partial charge is 0.289 e. The Balaban J connectivity index is 1.66. The van der Waals surface area contributed by atoms with Gasteiger partial charge in [-0.05, 0) is 18.6 Å². The summed E-state index contributed by atoms with van der Waals surface area (Å²) in [5.74, 6) is 0.170. The molecule has 1 fully saturated rings. The Morgan fingerprint density at radius 3 is 2.91 bits per heavy atom. The van der Waals surface area contributed by atoms with Gasteiger partial charge < -0.3 is 19.5 Å². The fraction of sp³-hybridized carbons (Fsp3) is 0.400. The highest BCUT2D eigenvalue weighted by Crippen LogP contribution is 2.23. The summed E-state index contributed by atoms with van der Waals surface area (Å²) in [4.78, 5) is 22.1. The number of furan rings is 1. The molecule has 3 heterocycles. The van der Waals surface area contributed by atoms with Crippen molar-refractivity contribution in [3.05, 3.63) is 47.9 Å². The van der Waals surface area contributed by atoms with E-state index in [1.165, 1.54) is 6.07 Å². The highest BCUT2D eigenvalue weighted by Gasteiger charge is 2.35. The van der Waals surface area contributed by atoms with Crippen molar-refractivity contribution >= 4 is 5.91 Å². The number of likely N-dealkylation sites (tertiary alicyclic amines) is 1. The second-order valence-corrected chi connectivity index (χ2v) is 5.36. The number of aliphatic hydroxyl groups excluding tert-OH is 2. The number of hydrogen-bond acceptors (Lipinski definition) is 6. The van der Waals surface area contributed by atoms with Crippen LogP contribution in [0.4, 0.5) is 0 Å². The number of nitrogens with zero attached hydrogens (tertiary/aromatic N) is 3. The summed E-state index contributed by atoms with van der Waals surface area (Å²) >= 11 is 0. The Morgan fingerprint density at radius 1 is 1.36 bits per heavy atom. The molecule has 0 spiro atoms. The fourth-order valence-corrected chi connectivity index (χ4v) is 2.66. The molecule has 1 amide bonds. The van der Waals surface area contributed by atoms with Crippen LogP contribution in [0.5, 0.6) is 0 Å². The number of carbonyl (C=O) groups is 1. The zero-order valence-corrected chi connectivity index (χ0v) is 11.9. The van der Waals surface area contributed by atoms with Gasteiger partial charge in [0.25, 0.3) is 5.91 Å². The van der Waals surface area contributed by atoms with E-state index in [-0.39, 0.29) is 30.7 Å². The van der Waals surface area contributed by atoms with Gasteiger partial charge in [0.15, 0.2) is 5.76 Å². The Bertz CT molecular complexity index is 643. The standard InChI is InChI=1S/C15H17N3O4/c19-9-12-1-2-14(22-12)15(21)18-7-10(13(20)8-18)5-11-6-16-3-4-17-11/h1-4,6,10,13,19-20H,5,7-9H2/t10-,13-/m1/s1. The first-order valence-electron chi connectivity index (χ1n) is 7.09. The van der Waals surface area contributed by atoms with Gasteiger partial charge in [-0.3, -0.25) is 14.8 Å². The Morgan fingerprint density at radius 2 is 2.23 bits per heavy atom. The molecule has 0 unspecified atom stereocenters. The van der Waals surface area contributed by atoms with Crippen LogP contribution in [-0.4, -0.2) is 50.2 Å². The van der Waals surface area contributed by atoms with Crippen molar-refractivity contribution in [1.29, 1.82) is 0 Å². The van der Waals surface area contributed by atoms with Crippen molar-refractivity contribution in [2.24, 2.45) is 5.92 Å². The molecule has 7 heteroatoms. The van der Waals surface area contributed by atoms with Crippen molar-refractivity contribution in [3.8, 4) is 0 Å². The van der Waals surface area contributed by atoms with E-state index in [1.54, 1.807) is 29.6 Å². The Kier molecular flexibility index (Phi) is 4.17. The number of aromatic nitrogens is 2. The van der Waals surface area contributed by atoms with E-state index in [2.05, 4.69) is 9.97 Å². The van der Waals surface area contributed by atoms with Crippen molar-refractivity contribution in [3.63, 3.8) is 0 Å². The van der Waals surface area contributed by atoms with Gasteiger partial charge in [-0.2, -0.15) is 0 Å². The van der Waals surface area contributed by atoms with Crippen LogP contribution in [0.1, 0.15) is 22.0 Å². The minimum Gasteiger partial charge on any atom is -0.453 e. The van der Waals surface area contributed by atoms with Gasteiger partial charge in [0, 0.05) is 37.6 Å². The highest BCUT2D eigenvalue weighted by atomic mass is 16.4. The lowest BCUT2D eigenvalue weighted by molar-refractivity contribution is 0.0729. The maximum Gasteiger partial charge on any atom is 0.289 e. The molecule has 1 aliphatic heterocycles. The fourth-order valence-electron chi connectivity index (χ4n) is 2.66. The van der Waals surface area contributed by atoms with Gasteiger partial charge in [0.2, 0.25) is 0 Å². The van der Waals surface area contributed by atoms with Crippen molar-refractivity contribution in [2.45, 2.75) is 19.1 Å². The average molecular weight is 303 g/mol. The van der Waals surface area contributed by atoms with Crippen LogP contribution < -0.4 is 0 Å². The lowest BCUT2D eigenvalue weighted by atomic mass is 10.0. The molecule has 0 bridgehead atoms. The summed E-state index contributed by atoms with van der Waals surface area (Å²) in [7, 11) is 0. The minimum atomic E-state index is -0.599. The van der Waals surface area contributed by atoms with E-state index in [9.17, 15) is 9.90 Å². The summed E-state index contributed by atoms with van der Waals surface area (Å²) in [5.41, 5.74) is 0.793. The number of amides is 1. The van der Waals surface area contributed by atoms with E-state index >= 15 is 0 Å². The molecule has 0 aromatic carbocycles. The lowest BCUT2D eigenvalue weighted by Crippen LogP contribution is -2.29. The molecule has 0 saturated carbocycles. The molecular weight excluding hydrogens is 286 g/mol. The monoisotopic (exact) mass is 303 g/mol. The van der Waals surface area contributed by atoms with Gasteiger partial charge in [0.1, 0.15) is 12.4 Å². The normalized spacial score (nSPS) is 21.3. The van der Waals surface area contributed by atoms with Crippen LogP contribution in [0.3, 0.4) is 0 Å². The number of hydrogen-bond donors (Lipinski definition) is 2. The quantitative estimate of drug-likeness (QED) is 0.839. The molecule has 2 atom stereocenters. The predicted molar refractivity (Wildman–Crippen MR) is 75.8 cm³/mol. The Hall–Kier alpha value is -2.25. The van der Waals surface area contributed by atoms with Crippen LogP contribution in [0.15, 0.2) is 35.1 Å². The van der Waals surface area contributed by atoms with Crippen LogP contribution >= 0.6 is 0 Å². The third kappa shape index (κ3) is 3.00. The number of rotatable bonds is 4. The third-order valence-corrected chi connectivity index (χ3v) is 3.81. The predicted octanol–water partition coefficient (Wildman–Crippen LogP) is 0.238. The molecule has 116 valence electrons.